The highest BCUT2D eigenvalue weighted by Crippen LogP contribution is 2.35. The Morgan fingerprint density at radius 3 is 2.53 bits per heavy atom. The molecule has 0 saturated carbocycles. The smallest absolute Gasteiger partial charge is 0.417 e. The number of rotatable bonds is 2. The van der Waals surface area contributed by atoms with Gasteiger partial charge >= 0.3 is 12.1 Å². The lowest BCUT2D eigenvalue weighted by molar-refractivity contribution is -0.136. The number of hydrogen-bond acceptors (Lipinski definition) is 3. The van der Waals surface area contributed by atoms with E-state index in [4.69, 9.17) is 9.84 Å². The number of methoxy groups -OCH3 is 1. The number of hydrogen-bond donors (Lipinski definition) is 1. The number of benzene rings is 1. The number of ether oxygens (including phenoxy) is 1. The summed E-state index contributed by atoms with van der Waals surface area (Å²) in [6.45, 7) is 0. The standard InChI is InChI=1S/C12H8F3NO3/c1-19-6-2-3-7-8(12(13,14)15)5-10(11(17)18)16-9(7)4-6/h2-5H,1H3,(H,17,18). The van der Waals surface area contributed by atoms with E-state index in [9.17, 15) is 18.0 Å². The van der Waals surface area contributed by atoms with E-state index in [1.807, 2.05) is 0 Å². The van der Waals surface area contributed by atoms with Crippen molar-refractivity contribution in [3.63, 3.8) is 0 Å². The van der Waals surface area contributed by atoms with Crippen molar-refractivity contribution in [1.29, 1.82) is 0 Å². The Bertz CT molecular complexity index is 652. The van der Waals surface area contributed by atoms with E-state index in [0.717, 1.165) is 0 Å². The van der Waals surface area contributed by atoms with Gasteiger partial charge in [0, 0.05) is 11.5 Å². The largest absolute Gasteiger partial charge is 0.497 e. The number of halogens is 3. The Labute approximate surface area is 105 Å². The number of alkyl halides is 3. The molecule has 1 N–H and O–H groups in total. The molecule has 0 atom stereocenters. The molecular formula is C12H8F3NO3. The van der Waals surface area contributed by atoms with Gasteiger partial charge in [0.25, 0.3) is 0 Å². The Kier molecular flexibility index (Phi) is 3.05. The minimum absolute atomic E-state index is 0.0772. The Balaban J connectivity index is 2.81. The third kappa shape index (κ3) is 2.44. The van der Waals surface area contributed by atoms with Crippen LogP contribution in [-0.2, 0) is 6.18 Å². The first kappa shape index (κ1) is 13.1. The van der Waals surface area contributed by atoms with E-state index in [1.165, 1.54) is 25.3 Å². The van der Waals surface area contributed by atoms with E-state index in [-0.39, 0.29) is 10.9 Å². The van der Waals surface area contributed by atoms with Gasteiger partial charge in [-0.3, -0.25) is 0 Å². The molecule has 100 valence electrons. The number of aromatic nitrogens is 1. The maximum absolute atomic E-state index is 12.9. The van der Waals surface area contributed by atoms with Gasteiger partial charge in [-0.05, 0) is 18.2 Å². The lowest BCUT2D eigenvalue weighted by atomic mass is 10.1. The molecule has 0 amide bonds. The summed E-state index contributed by atoms with van der Waals surface area (Å²) in [6, 6.07) is 4.35. The highest BCUT2D eigenvalue weighted by atomic mass is 19.4. The zero-order valence-electron chi connectivity index (χ0n) is 9.65. The zero-order valence-corrected chi connectivity index (χ0v) is 9.65. The van der Waals surface area contributed by atoms with E-state index in [0.29, 0.717) is 11.8 Å². The summed E-state index contributed by atoms with van der Waals surface area (Å²) in [6.07, 6.45) is -4.65. The van der Waals surface area contributed by atoms with Gasteiger partial charge in [-0.15, -0.1) is 0 Å². The Hall–Kier alpha value is -2.31. The van der Waals surface area contributed by atoms with Crippen LogP contribution in [0.1, 0.15) is 16.1 Å². The molecule has 0 aliphatic rings. The fourth-order valence-electron chi connectivity index (χ4n) is 1.68. The number of carboxylic acid groups (broad SMARTS) is 1. The van der Waals surface area contributed by atoms with E-state index < -0.39 is 23.4 Å². The second kappa shape index (κ2) is 4.42. The van der Waals surface area contributed by atoms with Crippen LogP contribution in [0.3, 0.4) is 0 Å². The molecular weight excluding hydrogens is 263 g/mol. The fraction of sp³-hybridized carbons (Fsp3) is 0.167. The summed E-state index contributed by atoms with van der Waals surface area (Å²) >= 11 is 0. The maximum atomic E-state index is 12.9. The van der Waals surface area contributed by atoms with Crippen molar-refractivity contribution in [1.82, 2.24) is 4.98 Å². The third-order valence-corrected chi connectivity index (χ3v) is 2.54. The molecule has 1 aromatic heterocycles. The van der Waals surface area contributed by atoms with Crippen LogP contribution in [-0.4, -0.2) is 23.2 Å². The van der Waals surface area contributed by atoms with E-state index >= 15 is 0 Å². The van der Waals surface area contributed by atoms with E-state index in [2.05, 4.69) is 4.98 Å². The molecule has 0 radical (unpaired) electrons. The maximum Gasteiger partial charge on any atom is 0.417 e. The van der Waals surface area contributed by atoms with Crippen LogP contribution in [0.4, 0.5) is 13.2 Å². The number of aromatic carboxylic acids is 1. The molecule has 19 heavy (non-hydrogen) atoms. The van der Waals surface area contributed by atoms with Crippen molar-refractivity contribution in [3.8, 4) is 5.75 Å². The molecule has 2 aromatic rings. The Morgan fingerprint density at radius 1 is 1.32 bits per heavy atom. The minimum atomic E-state index is -4.65. The van der Waals surface area contributed by atoms with Crippen LogP contribution in [0.2, 0.25) is 0 Å². The average molecular weight is 271 g/mol. The van der Waals surface area contributed by atoms with Gasteiger partial charge in [-0.25, -0.2) is 9.78 Å². The average Bonchev–Trinajstić information content (AvgIpc) is 2.35. The van der Waals surface area contributed by atoms with Crippen molar-refractivity contribution in [2.45, 2.75) is 6.18 Å². The quantitative estimate of drug-likeness (QED) is 0.912. The zero-order chi connectivity index (χ0) is 14.2. The molecule has 0 unspecified atom stereocenters. The van der Waals surface area contributed by atoms with Gasteiger partial charge < -0.3 is 9.84 Å². The predicted octanol–water partition coefficient (Wildman–Crippen LogP) is 2.96. The third-order valence-electron chi connectivity index (χ3n) is 2.54. The highest BCUT2D eigenvalue weighted by Gasteiger charge is 2.34. The van der Waals surface area contributed by atoms with Crippen molar-refractivity contribution in [3.05, 3.63) is 35.5 Å². The van der Waals surface area contributed by atoms with Crippen LogP contribution in [0.25, 0.3) is 10.9 Å². The van der Waals surface area contributed by atoms with Gasteiger partial charge in [0.15, 0.2) is 0 Å². The molecule has 0 spiro atoms. The number of fused-ring (bicyclic) bond motifs is 1. The number of nitrogens with zero attached hydrogens (tertiary/aromatic N) is 1. The van der Waals surface area contributed by atoms with Crippen molar-refractivity contribution < 1.29 is 27.8 Å². The van der Waals surface area contributed by atoms with Gasteiger partial charge in [0.05, 0.1) is 18.2 Å². The minimum Gasteiger partial charge on any atom is -0.497 e. The molecule has 1 heterocycles. The van der Waals surface area contributed by atoms with Crippen LogP contribution < -0.4 is 4.74 Å². The first-order chi connectivity index (χ1) is 8.82. The molecule has 0 saturated heterocycles. The lowest BCUT2D eigenvalue weighted by Crippen LogP contribution is -2.10. The summed E-state index contributed by atoms with van der Waals surface area (Å²) in [7, 11) is 1.35. The summed E-state index contributed by atoms with van der Waals surface area (Å²) in [5.41, 5.74) is -1.77. The second-order valence-corrected chi connectivity index (χ2v) is 3.74. The first-order valence-corrected chi connectivity index (χ1v) is 5.12. The number of carbonyl (C=O) groups is 1. The topological polar surface area (TPSA) is 59.4 Å². The molecule has 2 rings (SSSR count). The monoisotopic (exact) mass is 271 g/mol. The predicted molar refractivity (Wildman–Crippen MR) is 60.3 cm³/mol. The highest BCUT2D eigenvalue weighted by molar-refractivity contribution is 5.92. The van der Waals surface area contributed by atoms with Gasteiger partial charge in [0.1, 0.15) is 11.4 Å². The molecule has 0 bridgehead atoms. The molecule has 4 nitrogen and oxygen atoms in total. The lowest BCUT2D eigenvalue weighted by Gasteiger charge is -2.11. The first-order valence-electron chi connectivity index (χ1n) is 5.12. The number of carboxylic acids is 1. The van der Waals surface area contributed by atoms with Crippen molar-refractivity contribution >= 4 is 16.9 Å². The molecule has 0 aliphatic carbocycles. The fourth-order valence-corrected chi connectivity index (χ4v) is 1.68. The molecule has 7 heteroatoms. The SMILES string of the molecule is COc1ccc2c(C(F)(F)F)cc(C(=O)O)nc2c1. The van der Waals surface area contributed by atoms with Crippen LogP contribution >= 0.6 is 0 Å². The summed E-state index contributed by atoms with van der Waals surface area (Å²) in [5, 5.41) is 8.63. The summed E-state index contributed by atoms with van der Waals surface area (Å²) < 4.78 is 43.6. The normalized spacial score (nSPS) is 11.6. The van der Waals surface area contributed by atoms with E-state index in [1.54, 1.807) is 0 Å². The van der Waals surface area contributed by atoms with Gasteiger partial charge in [0.2, 0.25) is 0 Å². The number of pyridine rings is 1. The van der Waals surface area contributed by atoms with Crippen LogP contribution in [0.15, 0.2) is 24.3 Å². The Morgan fingerprint density at radius 2 is 2.00 bits per heavy atom. The molecule has 0 fully saturated rings. The van der Waals surface area contributed by atoms with Crippen molar-refractivity contribution in [2.24, 2.45) is 0 Å². The second-order valence-electron chi connectivity index (χ2n) is 3.74. The summed E-state index contributed by atoms with van der Waals surface area (Å²) in [4.78, 5) is 14.5. The molecule has 1 aromatic carbocycles. The van der Waals surface area contributed by atoms with Gasteiger partial charge in [-0.1, -0.05) is 0 Å². The molecule has 0 aliphatic heterocycles. The van der Waals surface area contributed by atoms with Crippen molar-refractivity contribution in [2.75, 3.05) is 7.11 Å². The van der Waals surface area contributed by atoms with Gasteiger partial charge in [-0.2, -0.15) is 13.2 Å². The van der Waals surface area contributed by atoms with Crippen LogP contribution in [0.5, 0.6) is 5.75 Å². The summed E-state index contributed by atoms with van der Waals surface area (Å²) in [5.74, 6) is -1.22. The van der Waals surface area contributed by atoms with Crippen LogP contribution in [0, 0.1) is 0 Å².